The minimum absolute atomic E-state index is 0.156. The summed E-state index contributed by atoms with van der Waals surface area (Å²) in [5, 5.41) is 3.99. The van der Waals surface area contributed by atoms with Crippen LogP contribution in [0.15, 0.2) is 52.0 Å². The van der Waals surface area contributed by atoms with Crippen LogP contribution >= 0.6 is 15.9 Å². The summed E-state index contributed by atoms with van der Waals surface area (Å²) < 4.78 is 6.39. The van der Waals surface area contributed by atoms with Crippen molar-refractivity contribution >= 4 is 28.1 Å². The molecule has 0 saturated heterocycles. The summed E-state index contributed by atoms with van der Waals surface area (Å²) in [6.45, 7) is 4.58. The molecule has 0 fully saturated rings. The predicted molar refractivity (Wildman–Crippen MR) is 95.9 cm³/mol. The van der Waals surface area contributed by atoms with Crippen LogP contribution in [0.3, 0.4) is 0 Å². The summed E-state index contributed by atoms with van der Waals surface area (Å²) in [4.78, 5) is 11.9. The molecule has 1 amide bonds. The van der Waals surface area contributed by atoms with Crippen molar-refractivity contribution in [2.75, 3.05) is 6.61 Å². The van der Waals surface area contributed by atoms with Gasteiger partial charge >= 0.3 is 0 Å². The molecule has 0 unspecified atom stereocenters. The molecule has 5 heteroatoms. The van der Waals surface area contributed by atoms with Crippen LogP contribution in [0, 0.1) is 6.92 Å². The first kappa shape index (κ1) is 17.2. The van der Waals surface area contributed by atoms with Crippen molar-refractivity contribution in [1.29, 1.82) is 0 Å². The zero-order chi connectivity index (χ0) is 16.7. The molecule has 2 aromatic carbocycles. The first-order chi connectivity index (χ1) is 11.1. The molecule has 0 spiro atoms. The van der Waals surface area contributed by atoms with E-state index in [1.54, 1.807) is 6.21 Å². The van der Waals surface area contributed by atoms with Gasteiger partial charge < -0.3 is 4.74 Å². The molecule has 0 aliphatic carbocycles. The quantitative estimate of drug-likeness (QED) is 0.616. The lowest BCUT2D eigenvalue weighted by molar-refractivity contribution is -0.120. The maximum Gasteiger partial charge on any atom is 0.244 e. The molecular weight excluding hydrogens is 356 g/mol. The molecule has 0 aliphatic rings. The third-order valence-electron chi connectivity index (χ3n) is 3.20. The van der Waals surface area contributed by atoms with Crippen molar-refractivity contribution < 1.29 is 9.53 Å². The zero-order valence-corrected chi connectivity index (χ0v) is 14.8. The van der Waals surface area contributed by atoms with Gasteiger partial charge in [-0.3, -0.25) is 4.79 Å². The molecule has 23 heavy (non-hydrogen) atoms. The molecule has 0 aromatic heterocycles. The minimum atomic E-state index is -0.156. The monoisotopic (exact) mass is 374 g/mol. The van der Waals surface area contributed by atoms with E-state index < -0.39 is 0 Å². The Hall–Kier alpha value is -2.14. The van der Waals surface area contributed by atoms with E-state index in [2.05, 4.69) is 26.5 Å². The van der Waals surface area contributed by atoms with Crippen LogP contribution in [0.5, 0.6) is 5.75 Å². The van der Waals surface area contributed by atoms with E-state index in [1.807, 2.05) is 56.3 Å². The normalized spacial score (nSPS) is 10.7. The van der Waals surface area contributed by atoms with Gasteiger partial charge in [-0.25, -0.2) is 5.43 Å². The van der Waals surface area contributed by atoms with Crippen LogP contribution in [0.4, 0.5) is 0 Å². The number of carbonyl (C=O) groups is 1. The van der Waals surface area contributed by atoms with E-state index in [4.69, 9.17) is 4.74 Å². The van der Waals surface area contributed by atoms with E-state index in [0.29, 0.717) is 6.61 Å². The molecule has 0 heterocycles. The van der Waals surface area contributed by atoms with Crippen LogP contribution in [-0.2, 0) is 11.2 Å². The Kier molecular flexibility index (Phi) is 6.35. The van der Waals surface area contributed by atoms with Crippen molar-refractivity contribution in [2.45, 2.75) is 20.3 Å². The van der Waals surface area contributed by atoms with Gasteiger partial charge in [-0.15, -0.1) is 0 Å². The Morgan fingerprint density at radius 3 is 2.65 bits per heavy atom. The van der Waals surface area contributed by atoms with Gasteiger partial charge in [-0.1, -0.05) is 40.2 Å². The smallest absolute Gasteiger partial charge is 0.244 e. The fraction of sp³-hybridized carbons (Fsp3) is 0.222. The summed E-state index contributed by atoms with van der Waals surface area (Å²) in [6.07, 6.45) is 1.90. The Morgan fingerprint density at radius 1 is 1.26 bits per heavy atom. The Bertz CT molecular complexity index is 697. The van der Waals surface area contributed by atoms with Crippen molar-refractivity contribution in [2.24, 2.45) is 5.10 Å². The largest absolute Gasteiger partial charge is 0.494 e. The van der Waals surface area contributed by atoms with E-state index in [1.165, 1.54) is 0 Å². The number of hydrogen-bond acceptors (Lipinski definition) is 3. The number of hydrogen-bond donors (Lipinski definition) is 1. The number of carbonyl (C=O) groups excluding carboxylic acids is 1. The zero-order valence-electron chi connectivity index (χ0n) is 13.2. The average Bonchev–Trinajstić information content (AvgIpc) is 2.53. The SMILES string of the molecule is CCOc1ccc(CC(=O)N/N=C/c2ccc(C)c(Br)c2)cc1. The van der Waals surface area contributed by atoms with Gasteiger partial charge in [0.25, 0.3) is 0 Å². The first-order valence-electron chi connectivity index (χ1n) is 7.38. The highest BCUT2D eigenvalue weighted by molar-refractivity contribution is 9.10. The maximum atomic E-state index is 11.9. The number of benzene rings is 2. The molecule has 2 aromatic rings. The molecule has 0 radical (unpaired) electrons. The Labute approximate surface area is 144 Å². The Morgan fingerprint density at radius 2 is 2.00 bits per heavy atom. The van der Waals surface area contributed by atoms with Gasteiger partial charge in [0.2, 0.25) is 5.91 Å². The summed E-state index contributed by atoms with van der Waals surface area (Å²) in [5.74, 6) is 0.649. The second-order valence-electron chi connectivity index (χ2n) is 5.06. The third-order valence-corrected chi connectivity index (χ3v) is 4.05. The molecular formula is C18H19BrN2O2. The van der Waals surface area contributed by atoms with Crippen LogP contribution in [0.25, 0.3) is 0 Å². The predicted octanol–water partition coefficient (Wildman–Crippen LogP) is 3.85. The lowest BCUT2D eigenvalue weighted by atomic mass is 10.1. The number of rotatable bonds is 6. The molecule has 0 atom stereocenters. The van der Waals surface area contributed by atoms with Gasteiger partial charge in [-0.2, -0.15) is 5.10 Å². The first-order valence-corrected chi connectivity index (χ1v) is 8.17. The molecule has 4 nitrogen and oxygen atoms in total. The molecule has 2 rings (SSSR count). The summed E-state index contributed by atoms with van der Waals surface area (Å²) in [6, 6.07) is 13.4. The summed E-state index contributed by atoms with van der Waals surface area (Å²) >= 11 is 3.47. The second kappa shape index (κ2) is 8.48. The van der Waals surface area contributed by atoms with Gasteiger partial charge in [0.15, 0.2) is 0 Å². The molecule has 1 N–H and O–H groups in total. The number of ether oxygens (including phenoxy) is 1. The molecule has 0 saturated carbocycles. The average molecular weight is 375 g/mol. The van der Waals surface area contributed by atoms with Crippen molar-refractivity contribution in [3.63, 3.8) is 0 Å². The van der Waals surface area contributed by atoms with Gasteiger partial charge in [0.1, 0.15) is 5.75 Å². The van der Waals surface area contributed by atoms with E-state index >= 15 is 0 Å². The molecule has 120 valence electrons. The number of aryl methyl sites for hydroxylation is 1. The third kappa shape index (κ3) is 5.53. The van der Waals surface area contributed by atoms with Crippen LogP contribution in [0.1, 0.15) is 23.6 Å². The van der Waals surface area contributed by atoms with E-state index in [0.717, 1.165) is 26.9 Å². The standard InChI is InChI=1S/C18H19BrN2O2/c1-3-23-16-8-6-14(7-9-16)11-18(22)21-20-12-15-5-4-13(2)17(19)10-15/h4-10,12H,3,11H2,1-2H3,(H,21,22)/b20-12+. The molecule has 0 aliphatic heterocycles. The number of nitrogens with zero attached hydrogens (tertiary/aromatic N) is 1. The minimum Gasteiger partial charge on any atom is -0.494 e. The van der Waals surface area contributed by atoms with Gasteiger partial charge in [-0.05, 0) is 48.7 Å². The highest BCUT2D eigenvalue weighted by Crippen LogP contribution is 2.16. The lowest BCUT2D eigenvalue weighted by Crippen LogP contribution is -2.19. The van der Waals surface area contributed by atoms with Gasteiger partial charge in [0, 0.05) is 4.47 Å². The van der Waals surface area contributed by atoms with Gasteiger partial charge in [0.05, 0.1) is 19.2 Å². The van der Waals surface area contributed by atoms with Crippen molar-refractivity contribution in [3.05, 3.63) is 63.6 Å². The van der Waals surface area contributed by atoms with Crippen LogP contribution in [-0.4, -0.2) is 18.7 Å². The number of amides is 1. The van der Waals surface area contributed by atoms with Crippen molar-refractivity contribution in [3.8, 4) is 5.75 Å². The summed E-state index contributed by atoms with van der Waals surface area (Å²) in [5.41, 5.74) is 5.53. The summed E-state index contributed by atoms with van der Waals surface area (Å²) in [7, 11) is 0. The topological polar surface area (TPSA) is 50.7 Å². The second-order valence-corrected chi connectivity index (χ2v) is 5.91. The van der Waals surface area contributed by atoms with E-state index in [9.17, 15) is 4.79 Å². The van der Waals surface area contributed by atoms with Crippen LogP contribution < -0.4 is 10.2 Å². The molecule has 0 bridgehead atoms. The van der Waals surface area contributed by atoms with E-state index in [-0.39, 0.29) is 12.3 Å². The number of nitrogens with one attached hydrogen (secondary N) is 1. The number of hydrazone groups is 1. The fourth-order valence-corrected chi connectivity index (χ4v) is 2.36. The highest BCUT2D eigenvalue weighted by atomic mass is 79.9. The Balaban J connectivity index is 1.86. The highest BCUT2D eigenvalue weighted by Gasteiger charge is 2.02. The van der Waals surface area contributed by atoms with Crippen molar-refractivity contribution in [1.82, 2.24) is 5.43 Å². The van der Waals surface area contributed by atoms with Crippen LogP contribution in [0.2, 0.25) is 0 Å². The number of halogens is 1. The lowest BCUT2D eigenvalue weighted by Gasteiger charge is -2.04. The fourth-order valence-electron chi connectivity index (χ4n) is 1.96. The maximum absolute atomic E-state index is 11.9.